The summed E-state index contributed by atoms with van der Waals surface area (Å²) in [5.41, 5.74) is 8.32. The molecule has 0 aliphatic heterocycles. The number of carbonyl (C=O) groups excluding carboxylic acids is 1. The Hall–Kier alpha value is -1.35. The molecule has 3 N–H and O–H groups in total. The molecule has 2 rings (SSSR count). The van der Waals surface area contributed by atoms with Crippen molar-refractivity contribution in [2.45, 2.75) is 57.9 Å². The molecule has 0 aromatic heterocycles. The van der Waals surface area contributed by atoms with Crippen LogP contribution in [-0.2, 0) is 11.2 Å². The monoisotopic (exact) mass is 288 g/mol. The van der Waals surface area contributed by atoms with Crippen LogP contribution in [0.2, 0.25) is 0 Å². The number of fused-ring (bicyclic) bond motifs is 1. The van der Waals surface area contributed by atoms with Gasteiger partial charge < -0.3 is 11.1 Å². The fourth-order valence-electron chi connectivity index (χ4n) is 3.29. The van der Waals surface area contributed by atoms with Crippen LogP contribution >= 0.6 is 0 Å². The molecular formula is C18H28N2O. The fraction of sp³-hybridized carbons (Fsp3) is 0.611. The average molecular weight is 288 g/mol. The first-order valence-electron chi connectivity index (χ1n) is 8.31. The first-order valence-corrected chi connectivity index (χ1v) is 8.31. The van der Waals surface area contributed by atoms with Crippen molar-refractivity contribution in [1.29, 1.82) is 0 Å². The number of nitrogens with one attached hydrogen (secondary N) is 1. The minimum absolute atomic E-state index is 0.187. The normalized spacial score (nSPS) is 18.9. The summed E-state index contributed by atoms with van der Waals surface area (Å²) in [6.07, 6.45) is 7.06. The van der Waals surface area contributed by atoms with Gasteiger partial charge in [0.05, 0.1) is 6.04 Å². The lowest BCUT2D eigenvalue weighted by Gasteiger charge is -2.26. The van der Waals surface area contributed by atoms with E-state index in [0.717, 1.165) is 45.1 Å². The Kier molecular flexibility index (Phi) is 6.24. The molecule has 1 amide bonds. The van der Waals surface area contributed by atoms with Gasteiger partial charge in [-0.3, -0.25) is 4.79 Å². The number of benzene rings is 1. The van der Waals surface area contributed by atoms with Crippen LogP contribution in [0.4, 0.5) is 0 Å². The summed E-state index contributed by atoms with van der Waals surface area (Å²) in [5, 5.41) is 3.23. The summed E-state index contributed by atoms with van der Waals surface area (Å²) in [6.45, 7) is 2.89. The molecule has 0 radical (unpaired) electrons. The maximum atomic E-state index is 12.2. The molecule has 116 valence electrons. The Morgan fingerprint density at radius 3 is 2.95 bits per heavy atom. The highest BCUT2D eigenvalue weighted by Gasteiger charge is 2.21. The zero-order chi connectivity index (χ0) is 15.1. The topological polar surface area (TPSA) is 55.1 Å². The van der Waals surface area contributed by atoms with Crippen LogP contribution in [0.1, 0.15) is 62.6 Å². The van der Waals surface area contributed by atoms with E-state index in [1.807, 2.05) is 0 Å². The minimum atomic E-state index is 0.187. The lowest BCUT2D eigenvalue weighted by molar-refractivity contribution is -0.122. The molecule has 1 aromatic rings. The summed E-state index contributed by atoms with van der Waals surface area (Å²) >= 11 is 0. The predicted octanol–water partition coefficient (Wildman–Crippen LogP) is 3.34. The molecule has 0 spiro atoms. The van der Waals surface area contributed by atoms with E-state index in [2.05, 4.69) is 36.5 Å². The van der Waals surface area contributed by atoms with Crippen molar-refractivity contribution in [2.24, 2.45) is 11.7 Å². The zero-order valence-electron chi connectivity index (χ0n) is 13.1. The van der Waals surface area contributed by atoms with Gasteiger partial charge >= 0.3 is 0 Å². The summed E-state index contributed by atoms with van der Waals surface area (Å²) in [5.74, 6) is 0.770. The van der Waals surface area contributed by atoms with Gasteiger partial charge in [0.1, 0.15) is 0 Å². The molecular weight excluding hydrogens is 260 g/mol. The standard InChI is InChI=1S/C18H28N2O/c1-2-14(12-13-19)10-11-18(21)20-17-9-5-7-15-6-3-4-8-16(15)17/h3-4,6,8,14,17H,2,5,7,9-13,19H2,1H3,(H,20,21). The molecule has 0 heterocycles. The smallest absolute Gasteiger partial charge is 0.220 e. The molecule has 2 atom stereocenters. The lowest BCUT2D eigenvalue weighted by atomic mass is 9.87. The van der Waals surface area contributed by atoms with Gasteiger partial charge in [0.15, 0.2) is 0 Å². The maximum absolute atomic E-state index is 12.2. The highest BCUT2D eigenvalue weighted by molar-refractivity contribution is 5.76. The van der Waals surface area contributed by atoms with Crippen molar-refractivity contribution < 1.29 is 4.79 Å². The lowest BCUT2D eigenvalue weighted by Crippen LogP contribution is -2.31. The molecule has 3 heteroatoms. The number of hydrogen-bond acceptors (Lipinski definition) is 2. The second-order valence-corrected chi connectivity index (χ2v) is 6.10. The first-order chi connectivity index (χ1) is 10.2. The van der Waals surface area contributed by atoms with Crippen LogP contribution in [0.25, 0.3) is 0 Å². The average Bonchev–Trinajstić information content (AvgIpc) is 2.52. The molecule has 0 bridgehead atoms. The van der Waals surface area contributed by atoms with Crippen molar-refractivity contribution in [3.63, 3.8) is 0 Å². The van der Waals surface area contributed by atoms with E-state index in [1.165, 1.54) is 11.1 Å². The Morgan fingerprint density at radius 2 is 2.19 bits per heavy atom. The quantitative estimate of drug-likeness (QED) is 0.808. The van der Waals surface area contributed by atoms with Gasteiger partial charge in [-0.25, -0.2) is 0 Å². The second kappa shape index (κ2) is 8.18. The van der Waals surface area contributed by atoms with Gasteiger partial charge in [0.25, 0.3) is 0 Å². The van der Waals surface area contributed by atoms with E-state index in [-0.39, 0.29) is 11.9 Å². The minimum Gasteiger partial charge on any atom is -0.349 e. The molecule has 0 fully saturated rings. The van der Waals surface area contributed by atoms with Crippen LogP contribution in [0.3, 0.4) is 0 Å². The van der Waals surface area contributed by atoms with Crippen LogP contribution < -0.4 is 11.1 Å². The molecule has 3 nitrogen and oxygen atoms in total. The third-order valence-electron chi connectivity index (χ3n) is 4.64. The van der Waals surface area contributed by atoms with Crippen molar-refractivity contribution >= 4 is 5.91 Å². The van der Waals surface area contributed by atoms with Gasteiger partial charge in [-0.05, 0) is 55.7 Å². The molecule has 1 aliphatic carbocycles. The Morgan fingerprint density at radius 1 is 1.38 bits per heavy atom. The highest BCUT2D eigenvalue weighted by Crippen LogP contribution is 2.29. The molecule has 1 aliphatic rings. The van der Waals surface area contributed by atoms with Crippen LogP contribution in [0.15, 0.2) is 24.3 Å². The van der Waals surface area contributed by atoms with Gasteiger partial charge in [0.2, 0.25) is 5.91 Å². The Bertz CT molecular complexity index is 458. The van der Waals surface area contributed by atoms with E-state index in [4.69, 9.17) is 5.73 Å². The molecule has 0 saturated carbocycles. The maximum Gasteiger partial charge on any atom is 0.220 e. The van der Waals surface area contributed by atoms with Crippen LogP contribution in [0.5, 0.6) is 0 Å². The summed E-state index contributed by atoms with van der Waals surface area (Å²) in [7, 11) is 0. The summed E-state index contributed by atoms with van der Waals surface area (Å²) in [4.78, 5) is 12.2. The molecule has 0 saturated heterocycles. The van der Waals surface area contributed by atoms with Gasteiger partial charge in [-0.2, -0.15) is 0 Å². The van der Waals surface area contributed by atoms with E-state index in [0.29, 0.717) is 12.3 Å². The van der Waals surface area contributed by atoms with E-state index >= 15 is 0 Å². The summed E-state index contributed by atoms with van der Waals surface area (Å²) in [6, 6.07) is 8.70. The Balaban J connectivity index is 1.86. The van der Waals surface area contributed by atoms with Gasteiger partial charge in [0, 0.05) is 6.42 Å². The second-order valence-electron chi connectivity index (χ2n) is 6.10. The van der Waals surface area contributed by atoms with E-state index in [9.17, 15) is 4.79 Å². The highest BCUT2D eigenvalue weighted by atomic mass is 16.1. The van der Waals surface area contributed by atoms with E-state index in [1.54, 1.807) is 0 Å². The third-order valence-corrected chi connectivity index (χ3v) is 4.64. The van der Waals surface area contributed by atoms with Crippen molar-refractivity contribution in [3.05, 3.63) is 35.4 Å². The van der Waals surface area contributed by atoms with E-state index < -0.39 is 0 Å². The number of hydrogen-bond donors (Lipinski definition) is 2. The fourth-order valence-corrected chi connectivity index (χ4v) is 3.29. The first kappa shape index (κ1) is 16.0. The molecule has 21 heavy (non-hydrogen) atoms. The van der Waals surface area contributed by atoms with Crippen molar-refractivity contribution in [2.75, 3.05) is 6.54 Å². The predicted molar refractivity (Wildman–Crippen MR) is 87.0 cm³/mol. The summed E-state index contributed by atoms with van der Waals surface area (Å²) < 4.78 is 0. The largest absolute Gasteiger partial charge is 0.349 e. The van der Waals surface area contributed by atoms with Gasteiger partial charge in [-0.1, -0.05) is 37.6 Å². The third kappa shape index (κ3) is 4.57. The number of amides is 1. The zero-order valence-corrected chi connectivity index (χ0v) is 13.1. The van der Waals surface area contributed by atoms with Crippen molar-refractivity contribution in [3.8, 4) is 0 Å². The number of nitrogens with two attached hydrogens (primary N) is 1. The SMILES string of the molecule is CCC(CCN)CCC(=O)NC1CCCc2ccccc21. The number of aryl methyl sites for hydroxylation is 1. The molecule has 1 aromatic carbocycles. The number of rotatable bonds is 7. The van der Waals surface area contributed by atoms with Crippen molar-refractivity contribution in [1.82, 2.24) is 5.32 Å². The van der Waals surface area contributed by atoms with Crippen LogP contribution in [-0.4, -0.2) is 12.5 Å². The van der Waals surface area contributed by atoms with Crippen LogP contribution in [0, 0.1) is 5.92 Å². The molecule has 2 unspecified atom stereocenters. The Labute approximate surface area is 128 Å². The van der Waals surface area contributed by atoms with Gasteiger partial charge in [-0.15, -0.1) is 0 Å². The number of carbonyl (C=O) groups is 1.